The molecule has 76 valence electrons. The number of aromatic carboxylic acids is 1. The van der Waals surface area contributed by atoms with E-state index >= 15 is 0 Å². The van der Waals surface area contributed by atoms with Gasteiger partial charge in [-0.15, -0.1) is 0 Å². The normalized spacial score (nSPS) is 12.1. The second-order valence-electron chi connectivity index (χ2n) is 2.41. The van der Waals surface area contributed by atoms with E-state index in [2.05, 4.69) is 0 Å². The second kappa shape index (κ2) is 4.18. The summed E-state index contributed by atoms with van der Waals surface area (Å²) in [7, 11) is 0. The molecule has 0 saturated carbocycles. The molecule has 14 heavy (non-hydrogen) atoms. The number of rotatable bonds is 3. The summed E-state index contributed by atoms with van der Waals surface area (Å²) in [6.45, 7) is 0. The van der Waals surface area contributed by atoms with Crippen LogP contribution in [-0.2, 0) is 11.3 Å². The Kier molecular flexibility index (Phi) is 3.18. The Morgan fingerprint density at radius 3 is 2.21 bits per heavy atom. The van der Waals surface area contributed by atoms with E-state index < -0.39 is 17.2 Å². The molecule has 0 radical (unpaired) electrons. The number of nitrogens with two attached hydrogens (primary N) is 1. The van der Waals surface area contributed by atoms with Gasteiger partial charge in [0.25, 0.3) is 11.3 Å². The van der Waals surface area contributed by atoms with Crippen LogP contribution in [-0.4, -0.2) is 19.8 Å². The van der Waals surface area contributed by atoms with Crippen LogP contribution in [0, 0.1) is 0 Å². The van der Waals surface area contributed by atoms with Gasteiger partial charge in [-0.1, -0.05) is 0 Å². The highest BCUT2D eigenvalue weighted by Crippen LogP contribution is 2.13. The highest BCUT2D eigenvalue weighted by Gasteiger charge is 2.08. The van der Waals surface area contributed by atoms with Gasteiger partial charge in [-0.2, -0.15) is 0 Å². The van der Waals surface area contributed by atoms with E-state index in [9.17, 15) is 9.00 Å². The van der Waals surface area contributed by atoms with Crippen LogP contribution in [0.4, 0.5) is 5.69 Å². The van der Waals surface area contributed by atoms with Crippen LogP contribution in [0.1, 0.15) is 10.4 Å². The summed E-state index contributed by atoms with van der Waals surface area (Å²) in [5, 5.41) is 8.57. The van der Waals surface area contributed by atoms with Gasteiger partial charge >= 0.3 is 5.97 Å². The molecule has 1 unspecified atom stereocenters. The molecule has 4 N–H and O–H groups in total. The molecule has 0 fully saturated rings. The third-order valence-corrected chi connectivity index (χ3v) is 2.08. The molecule has 1 rings (SSSR count). The van der Waals surface area contributed by atoms with Crippen molar-refractivity contribution in [3.63, 3.8) is 0 Å². The van der Waals surface area contributed by atoms with Crippen molar-refractivity contribution < 1.29 is 18.7 Å². The first kappa shape index (κ1) is 10.6. The zero-order chi connectivity index (χ0) is 10.7. The lowest BCUT2D eigenvalue weighted by molar-refractivity contribution is 0.0697. The van der Waals surface area contributed by atoms with Crippen molar-refractivity contribution in [2.24, 2.45) is 5.84 Å². The van der Waals surface area contributed by atoms with E-state index in [1.54, 1.807) is 0 Å². The second-order valence-corrected chi connectivity index (χ2v) is 3.26. The molecular formula is C7H8N2O4S. The molecule has 0 aromatic heterocycles. The summed E-state index contributed by atoms with van der Waals surface area (Å²) in [4.78, 5) is 10.5. The Labute approximate surface area is 82.3 Å². The first-order valence-electron chi connectivity index (χ1n) is 3.51. The third kappa shape index (κ3) is 2.28. The summed E-state index contributed by atoms with van der Waals surface area (Å²) >= 11 is -2.31. The van der Waals surface area contributed by atoms with Crippen LogP contribution in [0.2, 0.25) is 0 Å². The van der Waals surface area contributed by atoms with E-state index in [0.717, 1.165) is 0 Å². The van der Waals surface area contributed by atoms with Crippen molar-refractivity contribution >= 4 is 22.9 Å². The monoisotopic (exact) mass is 216 g/mol. The first-order chi connectivity index (χ1) is 6.52. The zero-order valence-corrected chi connectivity index (χ0v) is 7.77. The smallest absolute Gasteiger partial charge is 0.335 e. The predicted octanol–water partition coefficient (Wildman–Crippen LogP) is 0.202. The molecular weight excluding hydrogens is 208 g/mol. The van der Waals surface area contributed by atoms with Gasteiger partial charge in [-0.3, -0.25) is 4.55 Å². The van der Waals surface area contributed by atoms with Crippen LogP contribution in [0.3, 0.4) is 0 Å². The van der Waals surface area contributed by atoms with Crippen molar-refractivity contribution in [3.8, 4) is 0 Å². The van der Waals surface area contributed by atoms with Crippen LogP contribution in [0.15, 0.2) is 24.3 Å². The van der Waals surface area contributed by atoms with Crippen molar-refractivity contribution in [1.82, 2.24) is 0 Å². The molecule has 1 aromatic carbocycles. The molecule has 0 spiro atoms. The van der Waals surface area contributed by atoms with Gasteiger partial charge in [0.2, 0.25) is 0 Å². The average molecular weight is 216 g/mol. The highest BCUT2D eigenvalue weighted by molar-refractivity contribution is 7.80. The molecule has 1 aromatic rings. The third-order valence-electron chi connectivity index (χ3n) is 1.54. The summed E-state index contributed by atoms with van der Waals surface area (Å²) < 4.78 is 19.7. The number of hydrogen-bond donors (Lipinski definition) is 3. The predicted molar refractivity (Wildman–Crippen MR) is 50.8 cm³/mol. The molecule has 1 atom stereocenters. The lowest BCUT2D eigenvalue weighted by Gasteiger charge is -2.12. The number of anilines is 1. The summed E-state index contributed by atoms with van der Waals surface area (Å²) in [5.74, 6) is 4.14. The minimum atomic E-state index is -2.31. The highest BCUT2D eigenvalue weighted by atomic mass is 32.2. The SMILES string of the molecule is NN(c1ccc(C(=O)O)cc1)S(=O)O. The van der Waals surface area contributed by atoms with Crippen LogP contribution in [0.5, 0.6) is 0 Å². The van der Waals surface area contributed by atoms with E-state index in [1.165, 1.54) is 24.3 Å². The van der Waals surface area contributed by atoms with E-state index in [4.69, 9.17) is 15.5 Å². The standard InChI is InChI=1S/C7H8N2O4S/c8-9(14(12)13)6-3-1-5(2-4-6)7(10)11/h1-4H,8H2,(H,10,11)(H,12,13). The number of carboxylic acids is 1. The van der Waals surface area contributed by atoms with Gasteiger partial charge < -0.3 is 5.11 Å². The zero-order valence-electron chi connectivity index (χ0n) is 6.95. The fraction of sp³-hybridized carbons (Fsp3) is 0. The van der Waals surface area contributed by atoms with Crippen LogP contribution < -0.4 is 10.3 Å². The Hall–Kier alpha value is -1.44. The molecule has 0 heterocycles. The van der Waals surface area contributed by atoms with Gasteiger partial charge in [0.15, 0.2) is 0 Å². The molecule has 7 heteroatoms. The molecule has 0 bridgehead atoms. The largest absolute Gasteiger partial charge is 0.478 e. The van der Waals surface area contributed by atoms with Crippen LogP contribution in [0.25, 0.3) is 0 Å². The number of benzene rings is 1. The van der Waals surface area contributed by atoms with E-state index in [0.29, 0.717) is 4.41 Å². The summed E-state index contributed by atoms with van der Waals surface area (Å²) in [5.41, 5.74) is 0.349. The maximum Gasteiger partial charge on any atom is 0.335 e. The van der Waals surface area contributed by atoms with Gasteiger partial charge in [0.05, 0.1) is 11.3 Å². The van der Waals surface area contributed by atoms with Gasteiger partial charge in [-0.25, -0.2) is 19.3 Å². The number of carboxylic acid groups (broad SMARTS) is 1. The van der Waals surface area contributed by atoms with Crippen molar-refractivity contribution in [3.05, 3.63) is 29.8 Å². The number of hydrogen-bond acceptors (Lipinski definition) is 3. The Balaban J connectivity index is 2.94. The Bertz CT molecular complexity index is 364. The summed E-state index contributed by atoms with van der Waals surface area (Å²) in [6.07, 6.45) is 0. The van der Waals surface area contributed by atoms with Crippen molar-refractivity contribution in [2.45, 2.75) is 0 Å². The Morgan fingerprint density at radius 1 is 1.36 bits per heavy atom. The molecule has 0 saturated heterocycles. The van der Waals surface area contributed by atoms with Gasteiger partial charge in [-0.05, 0) is 24.3 Å². The van der Waals surface area contributed by atoms with Crippen molar-refractivity contribution in [1.29, 1.82) is 0 Å². The molecule has 0 amide bonds. The minimum Gasteiger partial charge on any atom is -0.478 e. The molecule has 0 aliphatic rings. The fourth-order valence-corrected chi connectivity index (χ4v) is 1.14. The topological polar surface area (TPSA) is 104 Å². The van der Waals surface area contributed by atoms with Crippen LogP contribution >= 0.6 is 0 Å². The number of carbonyl (C=O) groups is 1. The van der Waals surface area contributed by atoms with Crippen molar-refractivity contribution in [2.75, 3.05) is 4.41 Å². The maximum atomic E-state index is 10.5. The quantitative estimate of drug-likeness (QED) is 0.380. The average Bonchev–Trinajstić information content (AvgIpc) is 2.16. The van der Waals surface area contributed by atoms with Gasteiger partial charge in [0, 0.05) is 0 Å². The molecule has 0 aliphatic carbocycles. The summed E-state index contributed by atoms with van der Waals surface area (Å²) in [6, 6.07) is 5.28. The fourth-order valence-electron chi connectivity index (χ4n) is 0.841. The number of hydrazine groups is 1. The van der Waals surface area contributed by atoms with E-state index in [-0.39, 0.29) is 11.3 Å². The first-order valence-corrected chi connectivity index (χ1v) is 4.58. The lowest BCUT2D eigenvalue weighted by atomic mass is 10.2. The maximum absolute atomic E-state index is 10.5. The van der Waals surface area contributed by atoms with Gasteiger partial charge in [0.1, 0.15) is 0 Å². The molecule has 0 aliphatic heterocycles. The molecule has 6 nitrogen and oxygen atoms in total. The van der Waals surface area contributed by atoms with E-state index in [1.807, 2.05) is 0 Å². The lowest BCUT2D eigenvalue weighted by Crippen LogP contribution is -2.32. The Morgan fingerprint density at radius 2 is 1.86 bits per heavy atom. The minimum absolute atomic E-state index is 0.0888. The number of nitrogens with zero attached hydrogens (tertiary/aromatic N) is 1.